The van der Waals surface area contributed by atoms with E-state index in [9.17, 15) is 0 Å². The summed E-state index contributed by atoms with van der Waals surface area (Å²) in [5.41, 5.74) is 0. The number of rotatable bonds is 4. The molecule has 0 saturated carbocycles. The number of ether oxygens (including phenoxy) is 1. The molecule has 1 aliphatic heterocycles. The number of nitrogens with one attached hydrogen (secondary N) is 1. The van der Waals surface area contributed by atoms with Crippen LogP contribution in [0.25, 0.3) is 0 Å². The van der Waals surface area contributed by atoms with E-state index in [0.29, 0.717) is 6.04 Å². The van der Waals surface area contributed by atoms with Crippen LogP contribution in [-0.2, 0) is 4.74 Å². The molecule has 0 aromatic rings. The normalized spacial score (nSPS) is 31.2. The lowest BCUT2D eigenvalue weighted by atomic mass is 9.98. The Balaban J connectivity index is 2.17. The van der Waals surface area contributed by atoms with E-state index in [1.807, 2.05) is 0 Å². The fourth-order valence-corrected chi connectivity index (χ4v) is 1.88. The lowest BCUT2D eigenvalue weighted by Crippen LogP contribution is -2.26. The van der Waals surface area contributed by atoms with Crippen LogP contribution < -0.4 is 5.32 Å². The Kier molecular flexibility index (Phi) is 4.64. The van der Waals surface area contributed by atoms with E-state index < -0.39 is 0 Å². The van der Waals surface area contributed by atoms with Crippen LogP contribution in [0.15, 0.2) is 0 Å². The molecule has 78 valence electrons. The summed E-state index contributed by atoms with van der Waals surface area (Å²) < 4.78 is 5.58. The van der Waals surface area contributed by atoms with Crippen molar-refractivity contribution in [2.45, 2.75) is 39.1 Å². The van der Waals surface area contributed by atoms with Crippen molar-refractivity contribution in [3.05, 3.63) is 0 Å². The third kappa shape index (κ3) is 3.93. The molecular weight excluding hydrogens is 181 g/mol. The molecule has 2 nitrogen and oxygen atoms in total. The second-order valence-corrected chi connectivity index (χ2v) is 5.34. The average molecular weight is 203 g/mol. The highest BCUT2D eigenvalue weighted by Crippen LogP contribution is 2.20. The standard InChI is InChI=1S/C10H22NOP/c1-7(2)10-4-9(5-11-10)6-12-8(3)13/h7-11H,4-6,13H2,1-3H3/t8?,9?,10-/m0/s1. The van der Waals surface area contributed by atoms with Gasteiger partial charge in [0.25, 0.3) is 0 Å². The van der Waals surface area contributed by atoms with Crippen LogP contribution in [0.3, 0.4) is 0 Å². The summed E-state index contributed by atoms with van der Waals surface area (Å²) in [6.45, 7) is 8.65. The van der Waals surface area contributed by atoms with Gasteiger partial charge in [0.2, 0.25) is 0 Å². The highest BCUT2D eigenvalue weighted by Gasteiger charge is 2.26. The average Bonchev–Trinajstić information content (AvgIpc) is 2.48. The third-order valence-corrected chi connectivity index (χ3v) is 2.85. The first-order chi connectivity index (χ1) is 6.09. The molecule has 1 rings (SSSR count). The molecule has 1 N–H and O–H groups in total. The van der Waals surface area contributed by atoms with Gasteiger partial charge in [0.1, 0.15) is 0 Å². The van der Waals surface area contributed by atoms with Crippen molar-refractivity contribution in [1.82, 2.24) is 5.32 Å². The minimum absolute atomic E-state index is 0.290. The molecule has 0 amide bonds. The quantitative estimate of drug-likeness (QED) is 0.704. The van der Waals surface area contributed by atoms with Crippen LogP contribution in [-0.4, -0.2) is 25.0 Å². The van der Waals surface area contributed by atoms with Crippen molar-refractivity contribution in [3.63, 3.8) is 0 Å². The summed E-state index contributed by atoms with van der Waals surface area (Å²) in [6.07, 6.45) is 1.27. The van der Waals surface area contributed by atoms with Crippen LogP contribution in [0.5, 0.6) is 0 Å². The van der Waals surface area contributed by atoms with E-state index in [-0.39, 0.29) is 5.85 Å². The molecule has 0 bridgehead atoms. The molecule has 1 heterocycles. The summed E-state index contributed by atoms with van der Waals surface area (Å²) >= 11 is 0. The van der Waals surface area contributed by atoms with Crippen LogP contribution in [0.4, 0.5) is 0 Å². The van der Waals surface area contributed by atoms with E-state index in [1.54, 1.807) is 0 Å². The van der Waals surface area contributed by atoms with Gasteiger partial charge < -0.3 is 10.1 Å². The van der Waals surface area contributed by atoms with Gasteiger partial charge in [-0.1, -0.05) is 13.8 Å². The van der Waals surface area contributed by atoms with E-state index >= 15 is 0 Å². The Hall–Kier alpha value is 0.350. The van der Waals surface area contributed by atoms with Gasteiger partial charge in [-0.2, -0.15) is 0 Å². The van der Waals surface area contributed by atoms with Crippen LogP contribution in [0.2, 0.25) is 0 Å². The van der Waals surface area contributed by atoms with Gasteiger partial charge in [0.05, 0.1) is 12.5 Å². The lowest BCUT2D eigenvalue weighted by Gasteiger charge is -2.15. The first kappa shape index (κ1) is 11.4. The molecule has 0 aromatic carbocycles. The minimum Gasteiger partial charge on any atom is -0.374 e. The molecular formula is C10H22NOP. The second-order valence-electron chi connectivity index (χ2n) is 4.40. The van der Waals surface area contributed by atoms with Crippen molar-refractivity contribution in [3.8, 4) is 0 Å². The maximum Gasteiger partial charge on any atom is 0.0680 e. The van der Waals surface area contributed by atoms with Gasteiger partial charge in [-0.3, -0.25) is 0 Å². The fourth-order valence-electron chi connectivity index (χ4n) is 1.77. The highest BCUT2D eigenvalue weighted by molar-refractivity contribution is 7.17. The first-order valence-electron chi connectivity index (χ1n) is 5.20. The molecule has 4 atom stereocenters. The molecule has 0 aromatic heterocycles. The van der Waals surface area contributed by atoms with Gasteiger partial charge in [-0.25, -0.2) is 0 Å². The summed E-state index contributed by atoms with van der Waals surface area (Å²) in [6, 6.07) is 0.702. The molecule has 1 fully saturated rings. The molecule has 1 saturated heterocycles. The Bertz CT molecular complexity index is 150. The summed E-state index contributed by atoms with van der Waals surface area (Å²) in [5, 5.41) is 3.54. The molecule has 1 aliphatic rings. The second kappa shape index (κ2) is 5.29. The van der Waals surface area contributed by atoms with Gasteiger partial charge in [-0.05, 0) is 25.2 Å². The van der Waals surface area contributed by atoms with E-state index in [4.69, 9.17) is 4.74 Å². The highest BCUT2D eigenvalue weighted by atomic mass is 31.0. The van der Waals surface area contributed by atoms with Crippen molar-refractivity contribution in [2.24, 2.45) is 11.8 Å². The number of hydrogen-bond donors (Lipinski definition) is 1. The SMILES string of the molecule is CC(P)OCC1CN[C@H](C(C)C)C1. The van der Waals surface area contributed by atoms with Gasteiger partial charge in [-0.15, -0.1) is 9.24 Å². The molecule has 0 spiro atoms. The zero-order valence-corrected chi connectivity index (χ0v) is 10.1. The summed E-state index contributed by atoms with van der Waals surface area (Å²) in [5.74, 6) is 1.76. The van der Waals surface area contributed by atoms with E-state index in [2.05, 4.69) is 35.3 Å². The third-order valence-electron chi connectivity index (χ3n) is 2.66. The predicted octanol–water partition coefficient (Wildman–Crippen LogP) is 1.86. The summed E-state index contributed by atoms with van der Waals surface area (Å²) in [4.78, 5) is 0. The first-order valence-corrected chi connectivity index (χ1v) is 5.86. The molecule has 3 heteroatoms. The minimum atomic E-state index is 0.290. The molecule has 13 heavy (non-hydrogen) atoms. The van der Waals surface area contributed by atoms with E-state index in [0.717, 1.165) is 25.0 Å². The molecule has 0 radical (unpaired) electrons. The fraction of sp³-hybridized carbons (Fsp3) is 1.00. The number of hydrogen-bond acceptors (Lipinski definition) is 2. The van der Waals surface area contributed by atoms with Crippen molar-refractivity contribution < 1.29 is 4.74 Å². The van der Waals surface area contributed by atoms with Crippen molar-refractivity contribution in [2.75, 3.05) is 13.2 Å². The van der Waals surface area contributed by atoms with Crippen LogP contribution in [0, 0.1) is 11.8 Å². The topological polar surface area (TPSA) is 21.3 Å². The lowest BCUT2D eigenvalue weighted by molar-refractivity contribution is 0.0938. The van der Waals surface area contributed by atoms with Gasteiger partial charge in [0.15, 0.2) is 0 Å². The zero-order valence-electron chi connectivity index (χ0n) is 8.92. The van der Waals surface area contributed by atoms with Gasteiger partial charge >= 0.3 is 0 Å². The van der Waals surface area contributed by atoms with Crippen LogP contribution >= 0.6 is 9.24 Å². The van der Waals surface area contributed by atoms with E-state index in [1.165, 1.54) is 6.42 Å². The molecule has 3 unspecified atom stereocenters. The maximum atomic E-state index is 5.58. The Labute approximate surface area is 84.0 Å². The van der Waals surface area contributed by atoms with Crippen molar-refractivity contribution in [1.29, 1.82) is 0 Å². The Morgan fingerprint density at radius 1 is 1.46 bits per heavy atom. The molecule has 0 aliphatic carbocycles. The zero-order chi connectivity index (χ0) is 9.84. The van der Waals surface area contributed by atoms with Crippen molar-refractivity contribution >= 4 is 9.24 Å². The Morgan fingerprint density at radius 2 is 2.15 bits per heavy atom. The summed E-state index contributed by atoms with van der Waals surface area (Å²) in [7, 11) is 2.67. The predicted molar refractivity (Wildman–Crippen MR) is 59.9 cm³/mol. The largest absolute Gasteiger partial charge is 0.374 e. The van der Waals surface area contributed by atoms with Crippen LogP contribution in [0.1, 0.15) is 27.2 Å². The van der Waals surface area contributed by atoms with Gasteiger partial charge in [0, 0.05) is 12.6 Å². The Morgan fingerprint density at radius 3 is 2.62 bits per heavy atom. The maximum absolute atomic E-state index is 5.58. The monoisotopic (exact) mass is 203 g/mol. The smallest absolute Gasteiger partial charge is 0.0680 e.